The number of carbonyl (C=O) groups is 1. The lowest BCUT2D eigenvalue weighted by Crippen LogP contribution is -2.19. The summed E-state index contributed by atoms with van der Waals surface area (Å²) in [6.07, 6.45) is 3.95. The fourth-order valence-electron chi connectivity index (χ4n) is 3.86. The van der Waals surface area contributed by atoms with Gasteiger partial charge in [0, 0.05) is 30.3 Å². The Morgan fingerprint density at radius 2 is 1.71 bits per heavy atom. The van der Waals surface area contributed by atoms with Crippen molar-refractivity contribution in [3.63, 3.8) is 0 Å². The Labute approximate surface area is 230 Å². The number of allylic oxidation sites excluding steroid dienone is 1. The van der Waals surface area contributed by atoms with Crippen LogP contribution in [0, 0.1) is 6.92 Å². The van der Waals surface area contributed by atoms with Gasteiger partial charge in [0.15, 0.2) is 0 Å². The molecular weight excluding hydrogens is 527 g/mol. The lowest BCUT2D eigenvalue weighted by atomic mass is 10.1. The lowest BCUT2D eigenvalue weighted by Gasteiger charge is -2.18. The fraction of sp³-hybridized carbons (Fsp3) is 0.179. The molecule has 1 amide bonds. The molecule has 0 saturated heterocycles. The van der Waals surface area contributed by atoms with Gasteiger partial charge in [0.05, 0.1) is 46.7 Å². The van der Waals surface area contributed by atoms with E-state index in [2.05, 4.69) is 22.2 Å². The third-order valence-electron chi connectivity index (χ3n) is 5.69. The molecule has 8 nitrogen and oxygen atoms in total. The summed E-state index contributed by atoms with van der Waals surface area (Å²) in [5.74, 6) is 1.18. The van der Waals surface area contributed by atoms with Crippen molar-refractivity contribution in [1.29, 1.82) is 0 Å². The summed E-state index contributed by atoms with van der Waals surface area (Å²) in [4.78, 5) is 28.9. The van der Waals surface area contributed by atoms with Crippen LogP contribution >= 0.6 is 23.2 Å². The second-order valence-corrected chi connectivity index (χ2v) is 8.88. The van der Waals surface area contributed by atoms with E-state index in [1.165, 1.54) is 18.8 Å². The molecule has 0 radical (unpaired) electrons. The number of fused-ring (bicyclic) bond motifs is 1. The number of nitrogens with zero attached hydrogens (tertiary/aromatic N) is 2. The number of methoxy groups -OCH3 is 2. The predicted molar refractivity (Wildman–Crippen MR) is 156 cm³/mol. The van der Waals surface area contributed by atoms with E-state index in [0.717, 1.165) is 5.56 Å². The molecule has 0 bridgehead atoms. The van der Waals surface area contributed by atoms with Crippen LogP contribution < -0.4 is 25.7 Å². The number of aromatic nitrogens is 2. The minimum absolute atomic E-state index is 0.258. The van der Waals surface area contributed by atoms with E-state index in [4.69, 9.17) is 32.7 Å². The van der Waals surface area contributed by atoms with Crippen LogP contribution in [0.25, 0.3) is 22.0 Å². The minimum atomic E-state index is -0.270. The Morgan fingerprint density at radius 3 is 2.29 bits per heavy atom. The van der Waals surface area contributed by atoms with Gasteiger partial charge in [0.25, 0.3) is 5.56 Å². The third-order valence-corrected chi connectivity index (χ3v) is 6.44. The van der Waals surface area contributed by atoms with Gasteiger partial charge in [-0.2, -0.15) is 0 Å². The molecule has 10 heteroatoms. The van der Waals surface area contributed by atoms with Gasteiger partial charge in [-0.1, -0.05) is 41.4 Å². The summed E-state index contributed by atoms with van der Waals surface area (Å²) >= 11 is 13.2. The lowest BCUT2D eigenvalue weighted by molar-refractivity contribution is -0.105. The standard InChI is InChI=1S/C25H22Cl2N4O4.C3H6/c1-13-6-5-7-16(29-12-32)24(13)30-20-9-15-14(11-28-20)8-17(31(2)25(15)33)21-22(26)18(34-3)10-19(35-4)23(21)27;1-3-2/h5-12H,1-4H3,(H,28,30)(H,29,32);3H,1H2,2H3. The van der Waals surface area contributed by atoms with Gasteiger partial charge in [-0.3, -0.25) is 9.59 Å². The molecule has 0 aliphatic heterocycles. The normalized spacial score (nSPS) is 10.3. The zero-order chi connectivity index (χ0) is 28.0. The summed E-state index contributed by atoms with van der Waals surface area (Å²) in [6.45, 7) is 7.15. The molecule has 0 saturated carbocycles. The highest BCUT2D eigenvalue weighted by Gasteiger charge is 2.22. The van der Waals surface area contributed by atoms with Crippen LogP contribution in [0.3, 0.4) is 0 Å². The molecule has 2 aromatic heterocycles. The van der Waals surface area contributed by atoms with E-state index in [-0.39, 0.29) is 15.6 Å². The number of anilines is 3. The molecule has 0 fully saturated rings. The van der Waals surface area contributed by atoms with Gasteiger partial charge in [-0.05, 0) is 37.6 Å². The zero-order valence-corrected chi connectivity index (χ0v) is 23.2. The van der Waals surface area contributed by atoms with Crippen molar-refractivity contribution < 1.29 is 14.3 Å². The Morgan fingerprint density at radius 1 is 1.08 bits per heavy atom. The topological polar surface area (TPSA) is 94.5 Å². The Balaban J connectivity index is 0.00000127. The highest BCUT2D eigenvalue weighted by atomic mass is 35.5. The molecule has 0 unspecified atom stereocenters. The molecule has 38 heavy (non-hydrogen) atoms. The molecule has 0 aliphatic rings. The van der Waals surface area contributed by atoms with Crippen molar-refractivity contribution in [1.82, 2.24) is 9.55 Å². The SMILES string of the molecule is C=CC.COc1cc(OC)c(Cl)c(-c2cc3cnc(Nc4c(C)cccc4NC=O)cc3c(=O)n2C)c1Cl. The number of pyridine rings is 2. The maximum absolute atomic E-state index is 13.4. The first-order valence-electron chi connectivity index (χ1n) is 11.5. The highest BCUT2D eigenvalue weighted by molar-refractivity contribution is 6.41. The second kappa shape index (κ2) is 12.5. The Bertz CT molecular complexity index is 1540. The first kappa shape index (κ1) is 28.6. The molecule has 0 spiro atoms. The molecule has 2 heterocycles. The Hall–Kier alpha value is -4.01. The van der Waals surface area contributed by atoms with E-state index in [9.17, 15) is 9.59 Å². The van der Waals surface area contributed by atoms with E-state index < -0.39 is 0 Å². The minimum Gasteiger partial charge on any atom is -0.495 e. The van der Waals surface area contributed by atoms with Gasteiger partial charge in [0.2, 0.25) is 6.41 Å². The van der Waals surface area contributed by atoms with Crippen molar-refractivity contribution in [3.05, 3.63) is 81.2 Å². The molecular formula is C28H28Cl2N4O4. The van der Waals surface area contributed by atoms with E-state index >= 15 is 0 Å². The molecule has 0 atom stereocenters. The van der Waals surface area contributed by atoms with Gasteiger partial charge in [-0.15, -0.1) is 6.58 Å². The number of benzene rings is 2. The number of para-hydroxylation sites is 1. The van der Waals surface area contributed by atoms with Crippen molar-refractivity contribution >= 4 is 57.6 Å². The Kier molecular flexibility index (Phi) is 9.39. The molecule has 2 aromatic carbocycles. The number of hydrogen-bond donors (Lipinski definition) is 2. The summed E-state index contributed by atoms with van der Waals surface area (Å²) < 4.78 is 12.2. The monoisotopic (exact) mass is 554 g/mol. The number of amides is 1. The maximum atomic E-state index is 13.4. The van der Waals surface area contributed by atoms with Crippen molar-refractivity contribution in [2.45, 2.75) is 13.8 Å². The fourth-order valence-corrected chi connectivity index (χ4v) is 4.56. The summed E-state index contributed by atoms with van der Waals surface area (Å²) in [7, 11) is 4.61. The van der Waals surface area contributed by atoms with Gasteiger partial charge in [0.1, 0.15) is 17.3 Å². The number of hydrogen-bond acceptors (Lipinski definition) is 6. The average molecular weight is 555 g/mol. The first-order valence-corrected chi connectivity index (χ1v) is 12.2. The van der Waals surface area contributed by atoms with Crippen LogP contribution in [0.5, 0.6) is 11.5 Å². The molecule has 198 valence electrons. The van der Waals surface area contributed by atoms with Crippen LogP contribution in [0.2, 0.25) is 10.0 Å². The number of carbonyl (C=O) groups excluding carboxylic acids is 1. The molecule has 4 aromatic rings. The van der Waals surface area contributed by atoms with Crippen LogP contribution in [0.1, 0.15) is 12.5 Å². The number of nitrogens with one attached hydrogen (secondary N) is 2. The van der Waals surface area contributed by atoms with Crippen molar-refractivity contribution in [2.75, 3.05) is 24.9 Å². The highest BCUT2D eigenvalue weighted by Crippen LogP contribution is 2.46. The van der Waals surface area contributed by atoms with Crippen LogP contribution in [0.4, 0.5) is 17.2 Å². The average Bonchev–Trinajstić information content (AvgIpc) is 2.90. The molecule has 4 rings (SSSR count). The predicted octanol–water partition coefficient (Wildman–Crippen LogP) is 6.74. The quantitative estimate of drug-likeness (QED) is 0.194. The summed E-state index contributed by atoms with van der Waals surface area (Å²) in [5, 5.41) is 7.42. The van der Waals surface area contributed by atoms with E-state index in [1.54, 1.807) is 43.6 Å². The van der Waals surface area contributed by atoms with Crippen LogP contribution in [0.15, 0.2) is 60.0 Å². The smallest absolute Gasteiger partial charge is 0.258 e. The third kappa shape index (κ3) is 5.61. The van der Waals surface area contributed by atoms with Crippen LogP contribution in [-0.4, -0.2) is 30.2 Å². The van der Waals surface area contributed by atoms with E-state index in [0.29, 0.717) is 57.1 Å². The molecule has 0 aliphatic carbocycles. The largest absolute Gasteiger partial charge is 0.495 e. The van der Waals surface area contributed by atoms with Gasteiger partial charge < -0.3 is 24.7 Å². The van der Waals surface area contributed by atoms with Crippen molar-refractivity contribution in [2.24, 2.45) is 7.05 Å². The number of rotatable bonds is 7. The first-order chi connectivity index (χ1) is 18.2. The van der Waals surface area contributed by atoms with Gasteiger partial charge >= 0.3 is 0 Å². The number of halogens is 2. The number of ether oxygens (including phenoxy) is 2. The van der Waals surface area contributed by atoms with Crippen molar-refractivity contribution in [3.8, 4) is 22.8 Å². The maximum Gasteiger partial charge on any atom is 0.258 e. The number of aryl methyl sites for hydroxylation is 1. The molecule has 2 N–H and O–H groups in total. The van der Waals surface area contributed by atoms with Crippen LogP contribution in [-0.2, 0) is 11.8 Å². The second-order valence-electron chi connectivity index (χ2n) is 8.13. The van der Waals surface area contributed by atoms with E-state index in [1.807, 2.05) is 26.0 Å². The summed E-state index contributed by atoms with van der Waals surface area (Å²) in [5.41, 5.74) is 2.81. The summed E-state index contributed by atoms with van der Waals surface area (Å²) in [6, 6.07) is 10.5. The van der Waals surface area contributed by atoms with Gasteiger partial charge in [-0.25, -0.2) is 4.98 Å². The zero-order valence-electron chi connectivity index (χ0n) is 21.7.